The zero-order valence-electron chi connectivity index (χ0n) is 18.2. The number of nitrogens with zero attached hydrogens (tertiary/aromatic N) is 3. The van der Waals surface area contributed by atoms with Gasteiger partial charge in [-0.2, -0.15) is 0 Å². The third kappa shape index (κ3) is 5.08. The molecule has 1 aromatic heterocycles. The Morgan fingerprint density at radius 3 is 2.59 bits per heavy atom. The molecule has 2 aromatic rings. The molecule has 10 heteroatoms. The Morgan fingerprint density at radius 1 is 1.16 bits per heavy atom. The zero-order valence-corrected chi connectivity index (χ0v) is 19.0. The number of ether oxygens (including phenoxy) is 1. The molecule has 3 amide bonds. The van der Waals surface area contributed by atoms with E-state index in [1.807, 2.05) is 31.2 Å². The van der Waals surface area contributed by atoms with Gasteiger partial charge in [-0.15, -0.1) is 0 Å². The van der Waals surface area contributed by atoms with Gasteiger partial charge in [0.05, 0.1) is 24.8 Å². The fraction of sp³-hybridized carbons (Fsp3) is 0.455. The summed E-state index contributed by atoms with van der Waals surface area (Å²) in [6, 6.07) is 7.97. The van der Waals surface area contributed by atoms with Crippen LogP contribution in [0.25, 0.3) is 0 Å². The van der Waals surface area contributed by atoms with Crippen molar-refractivity contribution in [3.05, 3.63) is 46.0 Å². The highest BCUT2D eigenvalue weighted by Crippen LogP contribution is 2.26. The lowest BCUT2D eigenvalue weighted by Crippen LogP contribution is -2.45. The van der Waals surface area contributed by atoms with Crippen LogP contribution in [0.5, 0.6) is 0 Å². The van der Waals surface area contributed by atoms with E-state index in [9.17, 15) is 14.4 Å². The molecule has 0 unspecified atom stereocenters. The molecule has 0 saturated carbocycles. The number of aromatic nitrogens is 1. The third-order valence-corrected chi connectivity index (χ3v) is 6.87. The number of hydrazine groups is 1. The quantitative estimate of drug-likeness (QED) is 0.658. The number of rotatable bonds is 5. The lowest BCUT2D eigenvalue weighted by atomic mass is 10.1. The number of thiazole rings is 1. The topological polar surface area (TPSA) is 104 Å². The zero-order chi connectivity index (χ0) is 22.7. The van der Waals surface area contributed by atoms with E-state index in [2.05, 4.69) is 20.7 Å². The molecule has 2 fully saturated rings. The number of aryl methyl sites for hydroxylation is 2. The van der Waals surface area contributed by atoms with Crippen molar-refractivity contribution < 1.29 is 19.1 Å². The van der Waals surface area contributed by atoms with Crippen molar-refractivity contribution in [2.45, 2.75) is 26.8 Å². The van der Waals surface area contributed by atoms with Gasteiger partial charge in [0.2, 0.25) is 11.8 Å². The second-order valence-electron chi connectivity index (χ2n) is 8.11. The minimum atomic E-state index is -0.500. The molecular formula is C22H27N5O4S. The molecule has 0 spiro atoms. The van der Waals surface area contributed by atoms with Crippen molar-refractivity contribution in [3.63, 3.8) is 0 Å². The van der Waals surface area contributed by atoms with Gasteiger partial charge in [0.15, 0.2) is 5.13 Å². The van der Waals surface area contributed by atoms with Crippen LogP contribution in [0.1, 0.15) is 32.9 Å². The summed E-state index contributed by atoms with van der Waals surface area (Å²) in [6.45, 7) is 7.33. The van der Waals surface area contributed by atoms with Crippen molar-refractivity contribution in [3.8, 4) is 0 Å². The largest absolute Gasteiger partial charge is 0.378 e. The van der Waals surface area contributed by atoms with Crippen LogP contribution in [0.15, 0.2) is 24.3 Å². The number of likely N-dealkylation sites (tertiary alicyclic amines) is 1. The van der Waals surface area contributed by atoms with Gasteiger partial charge >= 0.3 is 0 Å². The maximum Gasteiger partial charge on any atom is 0.281 e. The maximum atomic E-state index is 12.6. The van der Waals surface area contributed by atoms with Gasteiger partial charge in [-0.25, -0.2) is 4.98 Å². The molecule has 2 saturated heterocycles. The summed E-state index contributed by atoms with van der Waals surface area (Å²) in [5, 5.41) is 0.774. The first-order chi connectivity index (χ1) is 15.4. The van der Waals surface area contributed by atoms with Crippen molar-refractivity contribution in [1.82, 2.24) is 20.7 Å². The summed E-state index contributed by atoms with van der Waals surface area (Å²) >= 11 is 1.29. The van der Waals surface area contributed by atoms with Crippen LogP contribution in [0.2, 0.25) is 0 Å². The number of amides is 3. The van der Waals surface area contributed by atoms with Gasteiger partial charge in [0.1, 0.15) is 4.88 Å². The first-order valence-corrected chi connectivity index (χ1v) is 11.5. The fourth-order valence-corrected chi connectivity index (χ4v) is 4.79. The SMILES string of the molecule is Cc1ccc(CN2C[C@@H](C(=O)NNC(=O)c3sc(N4CCOCC4)nc3C)CC2=O)cc1. The molecular weight excluding hydrogens is 430 g/mol. The van der Waals surface area contributed by atoms with Crippen LogP contribution >= 0.6 is 11.3 Å². The van der Waals surface area contributed by atoms with E-state index >= 15 is 0 Å². The number of hydrogen-bond donors (Lipinski definition) is 2. The first-order valence-electron chi connectivity index (χ1n) is 10.6. The van der Waals surface area contributed by atoms with Gasteiger partial charge in [0, 0.05) is 32.6 Å². The normalized spacial score (nSPS) is 18.7. The van der Waals surface area contributed by atoms with E-state index in [1.165, 1.54) is 11.3 Å². The monoisotopic (exact) mass is 457 g/mol. The third-order valence-electron chi connectivity index (χ3n) is 5.65. The van der Waals surface area contributed by atoms with E-state index in [-0.39, 0.29) is 18.2 Å². The van der Waals surface area contributed by atoms with Crippen LogP contribution in [0, 0.1) is 19.8 Å². The average molecular weight is 458 g/mol. The van der Waals surface area contributed by atoms with Crippen molar-refractivity contribution in [2.75, 3.05) is 37.7 Å². The summed E-state index contributed by atoms with van der Waals surface area (Å²) in [4.78, 5) is 46.2. The van der Waals surface area contributed by atoms with E-state index in [0.717, 1.165) is 29.3 Å². The molecule has 3 heterocycles. The molecule has 32 heavy (non-hydrogen) atoms. The molecule has 0 bridgehead atoms. The smallest absolute Gasteiger partial charge is 0.281 e. The molecule has 170 valence electrons. The van der Waals surface area contributed by atoms with E-state index in [4.69, 9.17) is 4.74 Å². The second-order valence-corrected chi connectivity index (χ2v) is 9.09. The first kappa shape index (κ1) is 22.2. The lowest BCUT2D eigenvalue weighted by molar-refractivity contribution is -0.129. The second kappa shape index (κ2) is 9.66. The van der Waals surface area contributed by atoms with Crippen LogP contribution in [0.4, 0.5) is 5.13 Å². The minimum Gasteiger partial charge on any atom is -0.378 e. The van der Waals surface area contributed by atoms with Gasteiger partial charge < -0.3 is 14.5 Å². The highest BCUT2D eigenvalue weighted by molar-refractivity contribution is 7.17. The summed E-state index contributed by atoms with van der Waals surface area (Å²) in [6.07, 6.45) is 0.133. The average Bonchev–Trinajstić information content (AvgIpc) is 3.37. The Bertz CT molecular complexity index is 1000. The predicted molar refractivity (Wildman–Crippen MR) is 120 cm³/mol. The Balaban J connectivity index is 1.30. The van der Waals surface area contributed by atoms with Crippen LogP contribution in [-0.4, -0.2) is 60.5 Å². The number of hydrogen-bond acceptors (Lipinski definition) is 7. The molecule has 2 N–H and O–H groups in total. The maximum absolute atomic E-state index is 12.6. The molecule has 4 rings (SSSR count). The molecule has 2 aliphatic rings. The van der Waals surface area contributed by atoms with Crippen molar-refractivity contribution in [1.29, 1.82) is 0 Å². The summed E-state index contributed by atoms with van der Waals surface area (Å²) in [5.41, 5.74) is 7.75. The van der Waals surface area contributed by atoms with Crippen LogP contribution in [0.3, 0.4) is 0 Å². The molecule has 0 radical (unpaired) electrons. The lowest BCUT2D eigenvalue weighted by Gasteiger charge is -2.25. The Morgan fingerprint density at radius 2 is 1.88 bits per heavy atom. The van der Waals surface area contributed by atoms with E-state index in [0.29, 0.717) is 36.9 Å². The highest BCUT2D eigenvalue weighted by Gasteiger charge is 2.34. The molecule has 1 aromatic carbocycles. The summed E-state index contributed by atoms with van der Waals surface area (Å²) < 4.78 is 5.35. The fourth-order valence-electron chi connectivity index (χ4n) is 3.77. The Hall–Kier alpha value is -2.98. The number of anilines is 1. The Labute approximate surface area is 190 Å². The van der Waals surface area contributed by atoms with Gasteiger partial charge in [0.25, 0.3) is 5.91 Å². The van der Waals surface area contributed by atoms with Gasteiger partial charge in [-0.05, 0) is 19.4 Å². The standard InChI is InChI=1S/C22H27N5O4S/c1-14-3-5-16(6-4-14)12-27-13-17(11-18(27)28)20(29)24-25-21(30)19-15(2)23-22(32-19)26-7-9-31-10-8-26/h3-6,17H,7-13H2,1-2H3,(H,24,29)(H,25,30)/t17-/m0/s1. The number of carbonyl (C=O) groups excluding carboxylic acids is 3. The molecule has 0 aliphatic carbocycles. The highest BCUT2D eigenvalue weighted by atomic mass is 32.1. The van der Waals surface area contributed by atoms with Crippen LogP contribution in [-0.2, 0) is 20.9 Å². The minimum absolute atomic E-state index is 0.0643. The van der Waals surface area contributed by atoms with Gasteiger partial charge in [-0.1, -0.05) is 41.2 Å². The number of morpholine rings is 1. The number of carbonyl (C=O) groups is 3. The van der Waals surface area contributed by atoms with Crippen molar-refractivity contribution in [2.24, 2.45) is 5.92 Å². The van der Waals surface area contributed by atoms with E-state index in [1.54, 1.807) is 11.8 Å². The molecule has 1 atom stereocenters. The summed E-state index contributed by atoms with van der Waals surface area (Å²) in [7, 11) is 0. The van der Waals surface area contributed by atoms with Crippen molar-refractivity contribution >= 4 is 34.2 Å². The van der Waals surface area contributed by atoms with E-state index < -0.39 is 11.8 Å². The molecule has 2 aliphatic heterocycles. The summed E-state index contributed by atoms with van der Waals surface area (Å²) in [5.74, 6) is -1.34. The van der Waals surface area contributed by atoms with Crippen LogP contribution < -0.4 is 15.8 Å². The predicted octanol–water partition coefficient (Wildman–Crippen LogP) is 1.41. The molecule has 9 nitrogen and oxygen atoms in total. The number of nitrogens with one attached hydrogen (secondary N) is 2. The Kier molecular flexibility index (Phi) is 6.71. The van der Waals surface area contributed by atoms with Gasteiger partial charge in [-0.3, -0.25) is 25.2 Å². The number of benzene rings is 1.